The largest absolute Gasteiger partial charge is 0.368 e. The Labute approximate surface area is 129 Å². The molecule has 1 amide bonds. The molecule has 1 atom stereocenters. The van der Waals surface area contributed by atoms with Crippen molar-refractivity contribution in [2.24, 2.45) is 5.73 Å². The van der Waals surface area contributed by atoms with Crippen LogP contribution in [-0.2, 0) is 4.79 Å². The van der Waals surface area contributed by atoms with E-state index in [1.807, 2.05) is 6.92 Å². The third-order valence-corrected chi connectivity index (χ3v) is 4.77. The highest BCUT2D eigenvalue weighted by molar-refractivity contribution is 5.84. The number of primary amides is 1. The third-order valence-electron chi connectivity index (χ3n) is 4.77. The minimum atomic E-state index is -0.579. The first-order valence-corrected chi connectivity index (χ1v) is 8.45. The zero-order valence-corrected chi connectivity index (χ0v) is 13.9. The molecule has 0 aromatic rings. The molecule has 0 radical (unpaired) electrons. The molecule has 122 valence electrons. The molecule has 1 aliphatic heterocycles. The van der Waals surface area contributed by atoms with Crippen LogP contribution in [0.3, 0.4) is 0 Å². The smallest absolute Gasteiger partial charge is 0.237 e. The van der Waals surface area contributed by atoms with Crippen molar-refractivity contribution < 1.29 is 4.79 Å². The van der Waals surface area contributed by atoms with Gasteiger partial charge in [-0.2, -0.15) is 0 Å². The maximum Gasteiger partial charge on any atom is 0.237 e. The van der Waals surface area contributed by atoms with Gasteiger partial charge in [0.2, 0.25) is 5.91 Å². The minimum absolute atomic E-state index is 0.241. The molecule has 1 aliphatic carbocycles. The van der Waals surface area contributed by atoms with E-state index in [9.17, 15) is 4.79 Å². The minimum Gasteiger partial charge on any atom is -0.368 e. The molecule has 2 aliphatic rings. The van der Waals surface area contributed by atoms with Gasteiger partial charge in [0.15, 0.2) is 0 Å². The predicted molar refractivity (Wildman–Crippen MR) is 86.1 cm³/mol. The van der Waals surface area contributed by atoms with Crippen molar-refractivity contribution in [2.75, 3.05) is 32.7 Å². The molecule has 1 unspecified atom stereocenters. The normalized spacial score (nSPS) is 24.2. The van der Waals surface area contributed by atoms with Gasteiger partial charge in [-0.1, -0.05) is 0 Å². The Morgan fingerprint density at radius 1 is 1.29 bits per heavy atom. The summed E-state index contributed by atoms with van der Waals surface area (Å²) in [4.78, 5) is 16.9. The van der Waals surface area contributed by atoms with E-state index in [2.05, 4.69) is 29.0 Å². The summed E-state index contributed by atoms with van der Waals surface area (Å²) in [6.07, 6.45) is 4.63. The van der Waals surface area contributed by atoms with Gasteiger partial charge in [0.25, 0.3) is 0 Å². The Morgan fingerprint density at radius 3 is 2.38 bits per heavy atom. The molecule has 0 aromatic heterocycles. The lowest BCUT2D eigenvalue weighted by Gasteiger charge is -2.36. The van der Waals surface area contributed by atoms with Crippen molar-refractivity contribution >= 4 is 5.91 Å². The summed E-state index contributed by atoms with van der Waals surface area (Å²) in [6, 6.07) is 1.16. The zero-order valence-electron chi connectivity index (χ0n) is 13.9. The van der Waals surface area contributed by atoms with Crippen LogP contribution in [-0.4, -0.2) is 66.1 Å². The molecular formula is C16H32N4O. The van der Waals surface area contributed by atoms with Gasteiger partial charge in [0.1, 0.15) is 0 Å². The highest BCUT2D eigenvalue weighted by atomic mass is 16.1. The van der Waals surface area contributed by atoms with E-state index in [1.165, 1.54) is 39.0 Å². The SMILES string of the molecule is CC(C)NC(C)(CCCN1CCN(C2CC2)CC1)C(N)=O. The van der Waals surface area contributed by atoms with E-state index >= 15 is 0 Å². The van der Waals surface area contributed by atoms with Gasteiger partial charge in [0, 0.05) is 38.3 Å². The number of amides is 1. The van der Waals surface area contributed by atoms with Crippen molar-refractivity contribution in [1.29, 1.82) is 0 Å². The summed E-state index contributed by atoms with van der Waals surface area (Å²) >= 11 is 0. The van der Waals surface area contributed by atoms with E-state index in [1.54, 1.807) is 0 Å². The summed E-state index contributed by atoms with van der Waals surface area (Å²) in [7, 11) is 0. The second-order valence-electron chi connectivity index (χ2n) is 7.21. The number of hydrogen-bond acceptors (Lipinski definition) is 4. The van der Waals surface area contributed by atoms with E-state index in [4.69, 9.17) is 5.73 Å². The number of carbonyl (C=O) groups is 1. The average molecular weight is 296 g/mol. The van der Waals surface area contributed by atoms with Gasteiger partial charge in [-0.25, -0.2) is 0 Å². The molecule has 5 heteroatoms. The number of rotatable bonds is 8. The Balaban J connectivity index is 1.68. The van der Waals surface area contributed by atoms with Crippen molar-refractivity contribution in [3.63, 3.8) is 0 Å². The number of carbonyl (C=O) groups excluding carboxylic acids is 1. The van der Waals surface area contributed by atoms with Crippen LogP contribution in [0, 0.1) is 0 Å². The Morgan fingerprint density at radius 2 is 1.90 bits per heavy atom. The third kappa shape index (κ3) is 4.94. The standard InChI is InChI=1S/C16H32N4O/c1-13(2)18-16(3,15(17)21)7-4-8-19-9-11-20(12-10-19)14-5-6-14/h13-14,18H,4-12H2,1-3H3,(H2,17,21). The lowest BCUT2D eigenvalue weighted by atomic mass is 9.93. The maximum absolute atomic E-state index is 11.7. The lowest BCUT2D eigenvalue weighted by molar-refractivity contribution is -0.124. The Hall–Kier alpha value is -0.650. The number of nitrogens with one attached hydrogen (secondary N) is 1. The molecule has 2 rings (SSSR count). The van der Waals surface area contributed by atoms with Gasteiger partial charge < -0.3 is 16.0 Å². The van der Waals surface area contributed by atoms with Crippen molar-refractivity contribution in [1.82, 2.24) is 15.1 Å². The fourth-order valence-corrected chi connectivity index (χ4v) is 3.35. The topological polar surface area (TPSA) is 61.6 Å². The molecule has 1 saturated carbocycles. The summed E-state index contributed by atoms with van der Waals surface area (Å²) in [5, 5.41) is 3.32. The molecule has 0 aromatic carbocycles. The average Bonchev–Trinajstić information content (AvgIpc) is 3.23. The molecule has 3 N–H and O–H groups in total. The quantitative estimate of drug-likeness (QED) is 0.695. The molecular weight excluding hydrogens is 264 g/mol. The highest BCUT2D eigenvalue weighted by Gasteiger charge is 2.32. The first kappa shape index (κ1) is 16.7. The molecule has 1 heterocycles. The maximum atomic E-state index is 11.7. The fourth-order valence-electron chi connectivity index (χ4n) is 3.35. The Kier molecular flexibility index (Phi) is 5.63. The van der Waals surface area contributed by atoms with Crippen LogP contribution >= 0.6 is 0 Å². The van der Waals surface area contributed by atoms with Gasteiger partial charge in [-0.05, 0) is 53.0 Å². The van der Waals surface area contributed by atoms with Gasteiger partial charge in [-0.3, -0.25) is 9.69 Å². The van der Waals surface area contributed by atoms with Crippen LogP contribution in [0.15, 0.2) is 0 Å². The van der Waals surface area contributed by atoms with Crippen molar-refractivity contribution in [2.45, 2.75) is 64.1 Å². The van der Waals surface area contributed by atoms with Crippen LogP contribution in [0.1, 0.15) is 46.5 Å². The zero-order chi connectivity index (χ0) is 15.5. The van der Waals surface area contributed by atoms with Crippen molar-refractivity contribution in [3.8, 4) is 0 Å². The van der Waals surface area contributed by atoms with Crippen LogP contribution in [0.25, 0.3) is 0 Å². The molecule has 2 fully saturated rings. The predicted octanol–water partition coefficient (Wildman–Crippen LogP) is 0.789. The van der Waals surface area contributed by atoms with Crippen LogP contribution < -0.4 is 11.1 Å². The first-order chi connectivity index (χ1) is 9.90. The summed E-state index contributed by atoms with van der Waals surface area (Å²) in [5.74, 6) is -0.241. The van der Waals surface area contributed by atoms with Crippen LogP contribution in [0.4, 0.5) is 0 Å². The number of piperazine rings is 1. The van der Waals surface area contributed by atoms with E-state index in [-0.39, 0.29) is 11.9 Å². The van der Waals surface area contributed by atoms with E-state index in [0.717, 1.165) is 25.4 Å². The van der Waals surface area contributed by atoms with Gasteiger partial charge in [0.05, 0.1) is 5.54 Å². The second-order valence-corrected chi connectivity index (χ2v) is 7.21. The van der Waals surface area contributed by atoms with E-state index in [0.29, 0.717) is 0 Å². The molecule has 21 heavy (non-hydrogen) atoms. The van der Waals surface area contributed by atoms with Crippen LogP contribution in [0.2, 0.25) is 0 Å². The summed E-state index contributed by atoms with van der Waals surface area (Å²) in [6.45, 7) is 11.9. The molecule has 5 nitrogen and oxygen atoms in total. The molecule has 0 bridgehead atoms. The first-order valence-electron chi connectivity index (χ1n) is 8.45. The highest BCUT2D eigenvalue weighted by Crippen LogP contribution is 2.27. The fraction of sp³-hybridized carbons (Fsp3) is 0.938. The summed E-state index contributed by atoms with van der Waals surface area (Å²) in [5.41, 5.74) is 5.00. The summed E-state index contributed by atoms with van der Waals surface area (Å²) < 4.78 is 0. The van der Waals surface area contributed by atoms with E-state index < -0.39 is 5.54 Å². The lowest BCUT2D eigenvalue weighted by Crippen LogP contribution is -2.55. The molecule has 0 spiro atoms. The number of nitrogens with zero attached hydrogens (tertiary/aromatic N) is 2. The Bertz CT molecular complexity index is 348. The molecule has 1 saturated heterocycles. The monoisotopic (exact) mass is 296 g/mol. The van der Waals surface area contributed by atoms with Crippen LogP contribution in [0.5, 0.6) is 0 Å². The van der Waals surface area contributed by atoms with Crippen molar-refractivity contribution in [3.05, 3.63) is 0 Å². The second kappa shape index (κ2) is 7.07. The van der Waals surface area contributed by atoms with Gasteiger partial charge in [-0.15, -0.1) is 0 Å². The van der Waals surface area contributed by atoms with Gasteiger partial charge >= 0.3 is 0 Å². The number of nitrogens with two attached hydrogens (primary N) is 1. The number of hydrogen-bond donors (Lipinski definition) is 2.